The van der Waals surface area contributed by atoms with Gasteiger partial charge >= 0.3 is 0 Å². The molecule has 0 spiro atoms. The van der Waals surface area contributed by atoms with E-state index >= 15 is 0 Å². The van der Waals surface area contributed by atoms with E-state index in [0.29, 0.717) is 18.1 Å². The number of amidine groups is 1. The molecule has 0 heterocycles. The number of benzene rings is 1. The molecule has 0 saturated heterocycles. The van der Waals surface area contributed by atoms with Crippen LogP contribution in [0.4, 0.5) is 0 Å². The Hall–Kier alpha value is -1.79. The first-order valence-corrected chi connectivity index (χ1v) is 7.28. The summed E-state index contributed by atoms with van der Waals surface area (Å²) in [6.07, 6.45) is 2.82. The molecular weight excluding hydrogens is 270 g/mol. The van der Waals surface area contributed by atoms with Gasteiger partial charge < -0.3 is 26.1 Å². The normalized spacial score (nSPS) is 22.4. The van der Waals surface area contributed by atoms with Gasteiger partial charge in [0.1, 0.15) is 12.4 Å². The molecule has 0 amide bonds. The maximum absolute atomic E-state index is 9.44. The van der Waals surface area contributed by atoms with Gasteiger partial charge in [-0.1, -0.05) is 5.16 Å². The second-order valence-electron chi connectivity index (χ2n) is 5.40. The van der Waals surface area contributed by atoms with Crippen molar-refractivity contribution < 1.29 is 15.1 Å². The van der Waals surface area contributed by atoms with Crippen LogP contribution < -0.4 is 15.8 Å². The van der Waals surface area contributed by atoms with Gasteiger partial charge in [-0.05, 0) is 56.0 Å². The van der Waals surface area contributed by atoms with Gasteiger partial charge in [0.2, 0.25) is 0 Å². The fourth-order valence-electron chi connectivity index (χ4n) is 2.56. The van der Waals surface area contributed by atoms with Gasteiger partial charge in [0.05, 0.1) is 6.10 Å². The van der Waals surface area contributed by atoms with Gasteiger partial charge in [0, 0.05) is 12.1 Å². The van der Waals surface area contributed by atoms with E-state index in [1.54, 1.807) is 24.3 Å². The molecule has 0 bridgehead atoms. The molecule has 0 aliphatic heterocycles. The number of nitrogens with zero attached hydrogens (tertiary/aromatic N) is 1. The number of nitrogens with one attached hydrogen (secondary N) is 1. The number of hydrogen-bond donors (Lipinski definition) is 4. The molecule has 2 rings (SSSR count). The van der Waals surface area contributed by atoms with E-state index in [-0.39, 0.29) is 11.9 Å². The molecule has 2 unspecified atom stereocenters. The maximum Gasteiger partial charge on any atom is 0.170 e. The molecule has 2 atom stereocenters. The first kappa shape index (κ1) is 15.6. The predicted molar refractivity (Wildman–Crippen MR) is 80.7 cm³/mol. The van der Waals surface area contributed by atoms with E-state index in [1.165, 1.54) is 0 Å². The van der Waals surface area contributed by atoms with E-state index in [9.17, 15) is 5.11 Å². The zero-order chi connectivity index (χ0) is 15.1. The second kappa shape index (κ2) is 7.85. The fourth-order valence-corrected chi connectivity index (χ4v) is 2.56. The highest BCUT2D eigenvalue weighted by Crippen LogP contribution is 2.24. The van der Waals surface area contributed by atoms with Gasteiger partial charge in [-0.2, -0.15) is 0 Å². The standard InChI is InChI=1S/C15H23N3O3/c16-15(18-20)12-2-5-14(6-3-12)21-8-7-17-10-11-1-4-13(19)9-11/h2-3,5-6,11,13,17,19-20H,1,4,7-10H2,(H2,16,18). The quantitative estimate of drug-likeness (QED) is 0.197. The topological polar surface area (TPSA) is 100 Å². The number of rotatable bonds is 7. The highest BCUT2D eigenvalue weighted by Gasteiger charge is 2.21. The van der Waals surface area contributed by atoms with E-state index in [0.717, 1.165) is 38.1 Å². The maximum atomic E-state index is 9.44. The largest absolute Gasteiger partial charge is 0.492 e. The van der Waals surface area contributed by atoms with Gasteiger partial charge in [0.15, 0.2) is 5.84 Å². The number of aliphatic hydroxyl groups is 1. The smallest absolute Gasteiger partial charge is 0.170 e. The Bertz CT molecular complexity index is 462. The minimum absolute atomic E-state index is 0.0852. The lowest BCUT2D eigenvalue weighted by Crippen LogP contribution is -2.26. The molecule has 21 heavy (non-hydrogen) atoms. The molecule has 1 aromatic rings. The molecule has 6 nitrogen and oxygen atoms in total. The Kier molecular flexibility index (Phi) is 5.83. The first-order chi connectivity index (χ1) is 10.2. The Labute approximate surface area is 124 Å². The third-order valence-corrected chi connectivity index (χ3v) is 3.75. The second-order valence-corrected chi connectivity index (χ2v) is 5.40. The molecule has 0 radical (unpaired) electrons. The first-order valence-electron chi connectivity index (χ1n) is 7.28. The lowest BCUT2D eigenvalue weighted by atomic mass is 10.1. The van der Waals surface area contributed by atoms with Crippen LogP contribution in [0.1, 0.15) is 24.8 Å². The summed E-state index contributed by atoms with van der Waals surface area (Å²) in [5.74, 6) is 1.42. The van der Waals surface area contributed by atoms with Crippen molar-refractivity contribution in [2.24, 2.45) is 16.8 Å². The lowest BCUT2D eigenvalue weighted by molar-refractivity contribution is 0.177. The van der Waals surface area contributed by atoms with Crippen molar-refractivity contribution in [1.29, 1.82) is 0 Å². The van der Waals surface area contributed by atoms with Crippen LogP contribution in [0, 0.1) is 5.92 Å². The summed E-state index contributed by atoms with van der Waals surface area (Å²) < 4.78 is 5.61. The summed E-state index contributed by atoms with van der Waals surface area (Å²) in [6.45, 7) is 2.29. The third-order valence-electron chi connectivity index (χ3n) is 3.75. The average Bonchev–Trinajstić information content (AvgIpc) is 2.92. The molecule has 1 aliphatic carbocycles. The van der Waals surface area contributed by atoms with Crippen LogP contribution in [0.3, 0.4) is 0 Å². The van der Waals surface area contributed by atoms with Crippen LogP contribution in [0.25, 0.3) is 0 Å². The summed E-state index contributed by atoms with van der Waals surface area (Å²) in [4.78, 5) is 0. The SMILES string of the molecule is N/C(=N/O)c1ccc(OCCNCC2CCC(O)C2)cc1. The van der Waals surface area contributed by atoms with Gasteiger partial charge in [-0.25, -0.2) is 0 Å². The van der Waals surface area contributed by atoms with Gasteiger partial charge in [0.25, 0.3) is 0 Å². The average molecular weight is 293 g/mol. The molecule has 1 saturated carbocycles. The summed E-state index contributed by atoms with van der Waals surface area (Å²) in [5.41, 5.74) is 6.14. The van der Waals surface area contributed by atoms with Crippen LogP contribution in [0.5, 0.6) is 5.75 Å². The Morgan fingerprint density at radius 3 is 2.71 bits per heavy atom. The van der Waals surface area contributed by atoms with Crippen LogP contribution in [0.2, 0.25) is 0 Å². The van der Waals surface area contributed by atoms with Gasteiger partial charge in [-0.15, -0.1) is 0 Å². The zero-order valence-electron chi connectivity index (χ0n) is 12.0. The van der Waals surface area contributed by atoms with Gasteiger partial charge in [-0.3, -0.25) is 0 Å². The van der Waals surface area contributed by atoms with Crippen LogP contribution >= 0.6 is 0 Å². The number of aliphatic hydroxyl groups excluding tert-OH is 1. The molecule has 0 aromatic heterocycles. The summed E-state index contributed by atoms with van der Waals surface area (Å²) >= 11 is 0. The minimum Gasteiger partial charge on any atom is -0.492 e. The predicted octanol–water partition coefficient (Wildman–Crippen LogP) is 0.910. The van der Waals surface area contributed by atoms with E-state index < -0.39 is 0 Å². The number of ether oxygens (including phenoxy) is 1. The van der Waals surface area contributed by atoms with Crippen molar-refractivity contribution >= 4 is 5.84 Å². The molecule has 1 fully saturated rings. The molecule has 1 aromatic carbocycles. The summed E-state index contributed by atoms with van der Waals surface area (Å²) in [7, 11) is 0. The van der Waals surface area contributed by atoms with Crippen molar-refractivity contribution in [3.05, 3.63) is 29.8 Å². The molecule has 116 valence electrons. The molecule has 5 N–H and O–H groups in total. The monoisotopic (exact) mass is 293 g/mol. The van der Waals surface area contributed by atoms with Crippen molar-refractivity contribution in [3.8, 4) is 5.75 Å². The van der Waals surface area contributed by atoms with Crippen molar-refractivity contribution in [2.45, 2.75) is 25.4 Å². The van der Waals surface area contributed by atoms with Crippen molar-refractivity contribution in [2.75, 3.05) is 19.7 Å². The van der Waals surface area contributed by atoms with Crippen molar-refractivity contribution in [1.82, 2.24) is 5.32 Å². The summed E-state index contributed by atoms with van der Waals surface area (Å²) in [5, 5.41) is 24.3. The van der Waals surface area contributed by atoms with Crippen LogP contribution in [-0.2, 0) is 0 Å². The van der Waals surface area contributed by atoms with Crippen LogP contribution in [-0.4, -0.2) is 41.9 Å². The van der Waals surface area contributed by atoms with Crippen molar-refractivity contribution in [3.63, 3.8) is 0 Å². The number of hydrogen-bond acceptors (Lipinski definition) is 5. The van der Waals surface area contributed by atoms with E-state index in [1.807, 2.05) is 0 Å². The Balaban J connectivity index is 1.62. The van der Waals surface area contributed by atoms with E-state index in [4.69, 9.17) is 15.7 Å². The van der Waals surface area contributed by atoms with E-state index in [2.05, 4.69) is 10.5 Å². The molecule has 1 aliphatic rings. The molecular formula is C15H23N3O3. The highest BCUT2D eigenvalue weighted by atomic mass is 16.5. The Morgan fingerprint density at radius 1 is 1.33 bits per heavy atom. The highest BCUT2D eigenvalue weighted by molar-refractivity contribution is 5.97. The minimum atomic E-state index is -0.110. The molecule has 6 heteroatoms. The van der Waals surface area contributed by atoms with Crippen LogP contribution in [0.15, 0.2) is 29.4 Å². The Morgan fingerprint density at radius 2 is 2.10 bits per heavy atom. The third kappa shape index (κ3) is 4.91. The summed E-state index contributed by atoms with van der Waals surface area (Å²) in [6, 6.07) is 7.08. The number of nitrogens with two attached hydrogens (primary N) is 1. The zero-order valence-corrected chi connectivity index (χ0v) is 12.0. The fraction of sp³-hybridized carbons (Fsp3) is 0.533. The lowest BCUT2D eigenvalue weighted by Gasteiger charge is -2.11. The number of oxime groups is 1.